The van der Waals surface area contributed by atoms with Gasteiger partial charge in [-0.25, -0.2) is 0 Å². The third kappa shape index (κ3) is 2.25. The minimum atomic E-state index is 0.464. The number of rotatable bonds is 3. The first-order chi connectivity index (χ1) is 7.68. The largest absolute Gasteiger partial charge is 0.302 e. The number of aryl methyl sites for hydroxylation is 3. The first-order valence-corrected chi connectivity index (χ1v) is 5.66. The summed E-state index contributed by atoms with van der Waals surface area (Å²) in [6.45, 7) is 4.86. The van der Waals surface area contributed by atoms with Gasteiger partial charge in [-0.2, -0.15) is 0 Å². The maximum Gasteiger partial charge on any atom is 0.225 e. The third-order valence-corrected chi connectivity index (χ3v) is 3.04. The Morgan fingerprint density at radius 3 is 2.56 bits per heavy atom. The molecule has 0 fully saturated rings. The summed E-state index contributed by atoms with van der Waals surface area (Å²) in [5, 5.41) is 8.23. The van der Waals surface area contributed by atoms with Gasteiger partial charge >= 0.3 is 0 Å². The third-order valence-electron chi connectivity index (χ3n) is 2.76. The summed E-state index contributed by atoms with van der Waals surface area (Å²) in [5.74, 6) is 0.860. The average Bonchev–Trinajstić information content (AvgIpc) is 2.58. The molecule has 0 bridgehead atoms. The molecule has 0 spiro atoms. The second-order valence-corrected chi connectivity index (χ2v) is 4.18. The van der Waals surface area contributed by atoms with Gasteiger partial charge in [-0.05, 0) is 43.0 Å². The second kappa shape index (κ2) is 4.66. The van der Waals surface area contributed by atoms with E-state index >= 15 is 0 Å². The molecule has 0 aliphatic rings. The molecule has 1 aromatic carbocycles. The van der Waals surface area contributed by atoms with E-state index in [1.807, 2.05) is 11.5 Å². The molecule has 1 heterocycles. The molecule has 4 heteroatoms. The topological polar surface area (TPSA) is 30.7 Å². The monoisotopic (exact) mass is 235 g/mol. The highest BCUT2D eigenvalue weighted by atomic mass is 35.5. The molecule has 0 amide bonds. The van der Waals surface area contributed by atoms with Crippen molar-refractivity contribution in [3.63, 3.8) is 0 Å². The molecule has 0 atom stereocenters. The SMILES string of the molecule is Cc1ccccc1CCn1c(C)nnc1Cl. The fourth-order valence-corrected chi connectivity index (χ4v) is 1.98. The second-order valence-electron chi connectivity index (χ2n) is 3.84. The Morgan fingerprint density at radius 1 is 1.19 bits per heavy atom. The van der Waals surface area contributed by atoms with Crippen LogP contribution in [0.5, 0.6) is 0 Å². The van der Waals surface area contributed by atoms with Crippen molar-refractivity contribution in [3.8, 4) is 0 Å². The van der Waals surface area contributed by atoms with Gasteiger partial charge in [0.05, 0.1) is 0 Å². The molecule has 0 saturated carbocycles. The Bertz CT molecular complexity index is 471. The zero-order valence-corrected chi connectivity index (χ0v) is 10.2. The number of nitrogens with zero attached hydrogens (tertiary/aromatic N) is 3. The molecule has 3 nitrogen and oxygen atoms in total. The summed E-state index contributed by atoms with van der Waals surface area (Å²) in [6.07, 6.45) is 0.950. The van der Waals surface area contributed by atoms with Crippen molar-refractivity contribution in [2.45, 2.75) is 26.8 Å². The number of aromatic nitrogens is 3. The van der Waals surface area contributed by atoms with Gasteiger partial charge in [0.2, 0.25) is 5.28 Å². The van der Waals surface area contributed by atoms with Crippen LogP contribution in [0.3, 0.4) is 0 Å². The molecule has 84 valence electrons. The summed E-state index contributed by atoms with van der Waals surface area (Å²) in [7, 11) is 0. The molecular weight excluding hydrogens is 222 g/mol. The molecule has 0 unspecified atom stereocenters. The first kappa shape index (κ1) is 11.1. The fraction of sp³-hybridized carbons (Fsp3) is 0.333. The molecule has 0 radical (unpaired) electrons. The van der Waals surface area contributed by atoms with Crippen LogP contribution in [0.2, 0.25) is 5.28 Å². The van der Waals surface area contributed by atoms with Crippen LogP contribution < -0.4 is 0 Å². The van der Waals surface area contributed by atoms with Crippen LogP contribution in [-0.2, 0) is 13.0 Å². The van der Waals surface area contributed by atoms with E-state index in [1.165, 1.54) is 11.1 Å². The first-order valence-electron chi connectivity index (χ1n) is 5.28. The number of hydrogen-bond donors (Lipinski definition) is 0. The van der Waals surface area contributed by atoms with Crippen molar-refractivity contribution in [2.75, 3.05) is 0 Å². The predicted molar refractivity (Wildman–Crippen MR) is 64.7 cm³/mol. The van der Waals surface area contributed by atoms with Crippen LogP contribution in [0, 0.1) is 13.8 Å². The molecule has 0 N–H and O–H groups in total. The standard InChI is InChI=1S/C12H14ClN3/c1-9-5-3-4-6-11(9)7-8-16-10(2)14-15-12(16)13/h3-6H,7-8H2,1-2H3. The molecule has 1 aromatic heterocycles. The lowest BCUT2D eigenvalue weighted by Gasteiger charge is -2.07. The van der Waals surface area contributed by atoms with Crippen LogP contribution in [-0.4, -0.2) is 14.8 Å². The lowest BCUT2D eigenvalue weighted by molar-refractivity contribution is 0.671. The van der Waals surface area contributed by atoms with E-state index in [-0.39, 0.29) is 0 Å². The number of hydrogen-bond acceptors (Lipinski definition) is 2. The Balaban J connectivity index is 2.11. The number of benzene rings is 1. The van der Waals surface area contributed by atoms with Crippen molar-refractivity contribution in [2.24, 2.45) is 0 Å². The average molecular weight is 236 g/mol. The van der Waals surface area contributed by atoms with Gasteiger partial charge in [0.25, 0.3) is 0 Å². The highest BCUT2D eigenvalue weighted by Crippen LogP contribution is 2.12. The van der Waals surface area contributed by atoms with Crippen LogP contribution in [0.15, 0.2) is 24.3 Å². The van der Waals surface area contributed by atoms with Crippen molar-refractivity contribution >= 4 is 11.6 Å². The maximum atomic E-state index is 5.94. The van der Waals surface area contributed by atoms with E-state index in [9.17, 15) is 0 Å². The molecule has 2 aromatic rings. The molecule has 16 heavy (non-hydrogen) atoms. The summed E-state index contributed by atoms with van der Waals surface area (Å²) in [5.41, 5.74) is 2.65. The summed E-state index contributed by atoms with van der Waals surface area (Å²) in [6, 6.07) is 8.37. The maximum absolute atomic E-state index is 5.94. The van der Waals surface area contributed by atoms with Crippen molar-refractivity contribution in [1.29, 1.82) is 0 Å². The lowest BCUT2D eigenvalue weighted by atomic mass is 10.1. The van der Waals surface area contributed by atoms with Gasteiger partial charge in [0.1, 0.15) is 5.82 Å². The van der Waals surface area contributed by atoms with Crippen LogP contribution in [0.25, 0.3) is 0 Å². The van der Waals surface area contributed by atoms with E-state index in [2.05, 4.69) is 41.4 Å². The van der Waals surface area contributed by atoms with Crippen molar-refractivity contribution in [3.05, 3.63) is 46.5 Å². The summed E-state index contributed by atoms with van der Waals surface area (Å²) >= 11 is 5.94. The van der Waals surface area contributed by atoms with E-state index in [4.69, 9.17) is 11.6 Å². The normalized spacial score (nSPS) is 10.7. The molecular formula is C12H14ClN3. The van der Waals surface area contributed by atoms with Gasteiger partial charge in [0, 0.05) is 6.54 Å². The van der Waals surface area contributed by atoms with Gasteiger partial charge in [-0.15, -0.1) is 10.2 Å². The molecule has 0 saturated heterocycles. The zero-order valence-electron chi connectivity index (χ0n) is 9.44. The van der Waals surface area contributed by atoms with Gasteiger partial charge in [0.15, 0.2) is 0 Å². The quantitative estimate of drug-likeness (QED) is 0.819. The molecule has 2 rings (SSSR count). The van der Waals surface area contributed by atoms with Crippen molar-refractivity contribution < 1.29 is 0 Å². The molecule has 0 aliphatic carbocycles. The van der Waals surface area contributed by atoms with E-state index in [0.717, 1.165) is 18.8 Å². The number of halogens is 1. The molecule has 0 aliphatic heterocycles. The highest BCUT2D eigenvalue weighted by Gasteiger charge is 2.06. The van der Waals surface area contributed by atoms with Crippen LogP contribution in [0.4, 0.5) is 0 Å². The van der Waals surface area contributed by atoms with Gasteiger partial charge in [-0.3, -0.25) is 0 Å². The smallest absolute Gasteiger partial charge is 0.225 e. The fourth-order valence-electron chi connectivity index (χ4n) is 1.73. The summed E-state index contributed by atoms with van der Waals surface area (Å²) in [4.78, 5) is 0. The van der Waals surface area contributed by atoms with Crippen LogP contribution >= 0.6 is 11.6 Å². The lowest BCUT2D eigenvalue weighted by Crippen LogP contribution is -2.04. The van der Waals surface area contributed by atoms with E-state index in [1.54, 1.807) is 0 Å². The Kier molecular flexibility index (Phi) is 3.25. The Labute approximate surface area is 100 Å². The summed E-state index contributed by atoms with van der Waals surface area (Å²) < 4.78 is 1.92. The zero-order chi connectivity index (χ0) is 11.5. The predicted octanol–water partition coefficient (Wildman–Crippen LogP) is 2.79. The van der Waals surface area contributed by atoms with E-state index in [0.29, 0.717) is 5.28 Å². The van der Waals surface area contributed by atoms with Crippen molar-refractivity contribution in [1.82, 2.24) is 14.8 Å². The van der Waals surface area contributed by atoms with E-state index < -0.39 is 0 Å². The Hall–Kier alpha value is -1.35. The highest BCUT2D eigenvalue weighted by molar-refractivity contribution is 6.28. The van der Waals surface area contributed by atoms with Gasteiger partial charge < -0.3 is 4.57 Å². The van der Waals surface area contributed by atoms with Gasteiger partial charge in [-0.1, -0.05) is 24.3 Å². The van der Waals surface area contributed by atoms with Crippen LogP contribution in [0.1, 0.15) is 17.0 Å². The Morgan fingerprint density at radius 2 is 1.94 bits per heavy atom. The minimum Gasteiger partial charge on any atom is -0.302 e. The minimum absolute atomic E-state index is 0.464.